The van der Waals surface area contributed by atoms with Crippen molar-refractivity contribution in [1.82, 2.24) is 19.6 Å². The summed E-state index contributed by atoms with van der Waals surface area (Å²) in [5.74, 6) is 0.0828. The van der Waals surface area contributed by atoms with Gasteiger partial charge in [0.25, 0.3) is 0 Å². The number of carbonyl (C=O) groups excluding carboxylic acids is 1. The molecule has 0 aliphatic rings. The van der Waals surface area contributed by atoms with Crippen LogP contribution in [0, 0.1) is 10.1 Å². The van der Waals surface area contributed by atoms with E-state index in [2.05, 4.69) is 39.8 Å². The maximum atomic E-state index is 12.3. The number of benzene rings is 2. The van der Waals surface area contributed by atoms with Crippen LogP contribution in [-0.2, 0) is 17.9 Å². The topological polar surface area (TPSA) is 117 Å². The molecule has 0 spiro atoms. The minimum absolute atomic E-state index is 0.0815. The molecule has 0 saturated heterocycles. The number of hydrogen-bond acceptors (Lipinski definition) is 6. The third kappa shape index (κ3) is 4.53. The average molecular weight is 420 g/mol. The number of fused-ring (bicyclic) bond motifs is 1. The van der Waals surface area contributed by atoms with Gasteiger partial charge in [-0.1, -0.05) is 42.5 Å². The van der Waals surface area contributed by atoms with E-state index in [4.69, 9.17) is 4.74 Å². The van der Waals surface area contributed by atoms with E-state index in [0.717, 1.165) is 16.3 Å². The van der Waals surface area contributed by atoms with Crippen molar-refractivity contribution in [2.24, 2.45) is 0 Å². The van der Waals surface area contributed by atoms with E-state index in [1.807, 2.05) is 18.2 Å². The number of aromatic nitrogens is 4. The van der Waals surface area contributed by atoms with Crippen LogP contribution in [0.1, 0.15) is 12.0 Å². The number of aryl methyl sites for hydroxylation is 1. The van der Waals surface area contributed by atoms with Gasteiger partial charge in [0.2, 0.25) is 5.91 Å². The maximum absolute atomic E-state index is 12.3. The van der Waals surface area contributed by atoms with Gasteiger partial charge in [-0.2, -0.15) is 5.10 Å². The van der Waals surface area contributed by atoms with Crippen molar-refractivity contribution >= 4 is 28.2 Å². The van der Waals surface area contributed by atoms with Crippen LogP contribution < -0.4 is 10.1 Å². The Morgan fingerprint density at radius 2 is 1.94 bits per heavy atom. The number of amides is 1. The van der Waals surface area contributed by atoms with Crippen molar-refractivity contribution in [3.63, 3.8) is 0 Å². The molecule has 158 valence electrons. The van der Waals surface area contributed by atoms with Crippen LogP contribution in [0.15, 0.2) is 60.9 Å². The molecule has 2 aromatic heterocycles. The lowest BCUT2D eigenvalue weighted by Gasteiger charge is -2.07. The summed E-state index contributed by atoms with van der Waals surface area (Å²) < 4.78 is 7.96. The molecule has 0 atom stereocenters. The van der Waals surface area contributed by atoms with Crippen LogP contribution >= 0.6 is 0 Å². The predicted molar refractivity (Wildman–Crippen MR) is 114 cm³/mol. The summed E-state index contributed by atoms with van der Waals surface area (Å²) in [7, 11) is 1.31. The zero-order valence-electron chi connectivity index (χ0n) is 16.8. The third-order valence-corrected chi connectivity index (χ3v) is 4.79. The fraction of sp³-hybridized carbons (Fsp3) is 0.190. The Balaban J connectivity index is 1.36. The molecule has 4 aromatic rings. The molecule has 1 N–H and O–H groups in total. The number of anilines is 1. The molecule has 1 amide bonds. The van der Waals surface area contributed by atoms with Crippen LogP contribution in [0.4, 0.5) is 11.5 Å². The maximum Gasteiger partial charge on any atom is 0.350 e. The van der Waals surface area contributed by atoms with Crippen LogP contribution in [0.5, 0.6) is 5.88 Å². The number of methoxy groups -OCH3 is 1. The number of nitrogens with one attached hydrogen (secondary N) is 1. The first-order valence-electron chi connectivity index (χ1n) is 9.59. The summed E-state index contributed by atoms with van der Waals surface area (Å²) >= 11 is 0. The van der Waals surface area contributed by atoms with Crippen molar-refractivity contribution in [2.45, 2.75) is 19.5 Å². The second kappa shape index (κ2) is 8.66. The Labute approximate surface area is 177 Å². The van der Waals surface area contributed by atoms with Gasteiger partial charge in [0.1, 0.15) is 6.20 Å². The van der Waals surface area contributed by atoms with Crippen LogP contribution in [0.25, 0.3) is 10.8 Å². The summed E-state index contributed by atoms with van der Waals surface area (Å²) in [4.78, 5) is 22.6. The minimum atomic E-state index is -0.578. The summed E-state index contributed by atoms with van der Waals surface area (Å²) in [6, 6.07) is 16.0. The molecule has 0 unspecified atom stereocenters. The van der Waals surface area contributed by atoms with Gasteiger partial charge in [-0.05, 0) is 16.3 Å². The molecule has 0 aliphatic heterocycles. The molecule has 2 aromatic carbocycles. The molecule has 10 nitrogen and oxygen atoms in total. The van der Waals surface area contributed by atoms with Gasteiger partial charge < -0.3 is 10.1 Å². The predicted octanol–water partition coefficient (Wildman–Crippen LogP) is 3.23. The number of nitro groups is 1. The van der Waals surface area contributed by atoms with Crippen molar-refractivity contribution in [1.29, 1.82) is 0 Å². The highest BCUT2D eigenvalue weighted by Gasteiger charge is 2.20. The third-order valence-electron chi connectivity index (χ3n) is 4.79. The highest BCUT2D eigenvalue weighted by atomic mass is 16.6. The van der Waals surface area contributed by atoms with E-state index in [1.54, 1.807) is 16.9 Å². The number of rotatable bonds is 8. The molecule has 0 fully saturated rings. The normalized spacial score (nSPS) is 10.9. The lowest BCUT2D eigenvalue weighted by Crippen LogP contribution is -2.15. The molecule has 2 heterocycles. The molecule has 31 heavy (non-hydrogen) atoms. The van der Waals surface area contributed by atoms with Crippen molar-refractivity contribution in [3.8, 4) is 5.88 Å². The first-order valence-corrected chi connectivity index (χ1v) is 9.59. The monoisotopic (exact) mass is 420 g/mol. The quantitative estimate of drug-likeness (QED) is 0.345. The minimum Gasteiger partial charge on any atom is -0.475 e. The van der Waals surface area contributed by atoms with Gasteiger partial charge in [0.05, 0.1) is 25.1 Å². The molecular formula is C21H20N6O4. The van der Waals surface area contributed by atoms with E-state index in [9.17, 15) is 14.9 Å². The molecule has 4 rings (SSSR count). The molecule has 0 aliphatic carbocycles. The lowest BCUT2D eigenvalue weighted by molar-refractivity contribution is -0.385. The van der Waals surface area contributed by atoms with Crippen molar-refractivity contribution in [2.75, 3.05) is 12.4 Å². The Bertz CT molecular complexity index is 1240. The van der Waals surface area contributed by atoms with E-state index in [0.29, 0.717) is 12.4 Å². The molecule has 0 bridgehead atoms. The molecular weight excluding hydrogens is 400 g/mol. The summed E-state index contributed by atoms with van der Waals surface area (Å²) in [5.41, 5.74) is 0.892. The Hall–Kier alpha value is -4.21. The SMILES string of the molecule is COc1nn(CCC(=O)Nc2ccn(Cc3cccc4ccccc34)n2)cc1[N+](=O)[O-]. The van der Waals surface area contributed by atoms with Gasteiger partial charge >= 0.3 is 11.6 Å². The van der Waals surface area contributed by atoms with Gasteiger partial charge in [0.15, 0.2) is 5.82 Å². The van der Waals surface area contributed by atoms with Gasteiger partial charge in [-0.3, -0.25) is 24.3 Å². The smallest absolute Gasteiger partial charge is 0.350 e. The Kier molecular flexibility index (Phi) is 5.61. The number of carbonyl (C=O) groups is 1. The van der Waals surface area contributed by atoms with Crippen LogP contribution in [0.3, 0.4) is 0 Å². The Morgan fingerprint density at radius 1 is 1.13 bits per heavy atom. The number of ether oxygens (including phenoxy) is 1. The van der Waals surface area contributed by atoms with E-state index >= 15 is 0 Å². The van der Waals surface area contributed by atoms with Crippen molar-refractivity contribution < 1.29 is 14.5 Å². The van der Waals surface area contributed by atoms with E-state index < -0.39 is 4.92 Å². The average Bonchev–Trinajstić information content (AvgIpc) is 3.39. The second-order valence-electron chi connectivity index (χ2n) is 6.88. The van der Waals surface area contributed by atoms with Gasteiger partial charge in [-0.15, -0.1) is 5.10 Å². The van der Waals surface area contributed by atoms with E-state index in [-0.39, 0.29) is 30.4 Å². The molecule has 0 radical (unpaired) electrons. The molecule has 10 heteroatoms. The van der Waals surface area contributed by atoms with Crippen LogP contribution in [0.2, 0.25) is 0 Å². The standard InChI is InChI=1S/C21H20N6O4/c1-31-21-18(27(29)30)14-26(24-21)12-10-20(28)22-19-9-11-25(23-19)13-16-7-4-6-15-5-2-3-8-17(15)16/h2-9,11,14H,10,12-13H2,1H3,(H,22,23,28). The van der Waals surface area contributed by atoms with Crippen LogP contribution in [-0.4, -0.2) is 37.5 Å². The fourth-order valence-electron chi connectivity index (χ4n) is 3.32. The second-order valence-corrected chi connectivity index (χ2v) is 6.88. The number of nitrogens with zero attached hydrogens (tertiary/aromatic N) is 5. The zero-order chi connectivity index (χ0) is 21.8. The molecule has 0 saturated carbocycles. The van der Waals surface area contributed by atoms with Crippen molar-refractivity contribution in [3.05, 3.63) is 76.6 Å². The first kappa shape index (κ1) is 20.1. The summed E-state index contributed by atoms with van der Waals surface area (Å²) in [5, 5.41) is 24.4. The zero-order valence-corrected chi connectivity index (χ0v) is 16.8. The van der Waals surface area contributed by atoms with Gasteiger partial charge in [0, 0.05) is 18.7 Å². The highest BCUT2D eigenvalue weighted by molar-refractivity contribution is 5.89. The summed E-state index contributed by atoms with van der Waals surface area (Å²) in [6.07, 6.45) is 3.13. The fourth-order valence-corrected chi connectivity index (χ4v) is 3.32. The summed E-state index contributed by atoms with van der Waals surface area (Å²) in [6.45, 7) is 0.751. The number of hydrogen-bond donors (Lipinski definition) is 1. The Morgan fingerprint density at radius 3 is 2.71 bits per heavy atom. The van der Waals surface area contributed by atoms with Gasteiger partial charge in [-0.25, -0.2) is 0 Å². The largest absolute Gasteiger partial charge is 0.475 e. The first-order chi connectivity index (χ1) is 15.0. The highest BCUT2D eigenvalue weighted by Crippen LogP contribution is 2.24. The lowest BCUT2D eigenvalue weighted by atomic mass is 10.0. The van der Waals surface area contributed by atoms with E-state index in [1.165, 1.54) is 18.0 Å².